The van der Waals surface area contributed by atoms with Gasteiger partial charge in [0.05, 0.1) is 14.2 Å². The van der Waals surface area contributed by atoms with E-state index < -0.39 is 44.0 Å². The fraction of sp³-hybridized carbons (Fsp3) is 0.579. The second-order valence-corrected chi connectivity index (χ2v) is 13.1. The van der Waals surface area contributed by atoms with E-state index in [1.165, 1.54) is 0 Å². The summed E-state index contributed by atoms with van der Waals surface area (Å²) >= 11 is 0. The first-order chi connectivity index (χ1) is 11.9. The van der Waals surface area contributed by atoms with Crippen LogP contribution in [0.2, 0.25) is 18.6 Å². The summed E-state index contributed by atoms with van der Waals surface area (Å²) in [5, 5.41) is 14.0. The first kappa shape index (κ1) is 20.4. The maximum Gasteiger partial charge on any atom is 0.408 e. The van der Waals surface area contributed by atoms with Gasteiger partial charge in [-0.25, -0.2) is 9.59 Å². The number of rotatable bonds is 4. The normalized spacial score (nSPS) is 24.7. The molecule has 1 saturated heterocycles. The van der Waals surface area contributed by atoms with E-state index >= 15 is 0 Å². The molecule has 2 rings (SSSR count). The van der Waals surface area contributed by atoms with Crippen molar-refractivity contribution in [3.8, 4) is 0 Å². The molecular formula is C19H29NO5Si. The zero-order valence-electron chi connectivity index (χ0n) is 16.3. The molecule has 0 spiro atoms. The molecule has 0 saturated carbocycles. The molecule has 2 N–H and O–H groups in total. The van der Waals surface area contributed by atoms with E-state index in [1.807, 2.05) is 30.3 Å². The van der Waals surface area contributed by atoms with Crippen LogP contribution in [0.3, 0.4) is 0 Å². The number of ether oxygens (including phenoxy) is 2. The van der Waals surface area contributed by atoms with Crippen molar-refractivity contribution in [1.29, 1.82) is 0 Å². The lowest BCUT2D eigenvalue weighted by Crippen LogP contribution is -2.57. The Balaban J connectivity index is 2.35. The minimum atomic E-state index is -2.28. The Morgan fingerprint density at radius 1 is 1.27 bits per heavy atom. The molecule has 0 aromatic heterocycles. The van der Waals surface area contributed by atoms with Crippen molar-refractivity contribution in [2.24, 2.45) is 0 Å². The van der Waals surface area contributed by atoms with Crippen LogP contribution >= 0.6 is 0 Å². The summed E-state index contributed by atoms with van der Waals surface area (Å²) in [6.45, 7) is 11.1. The Labute approximate surface area is 155 Å². The van der Waals surface area contributed by atoms with E-state index in [0.717, 1.165) is 5.19 Å². The molecular weight excluding hydrogens is 350 g/mol. The molecule has 0 radical (unpaired) electrons. The van der Waals surface area contributed by atoms with E-state index in [9.17, 15) is 14.7 Å². The lowest BCUT2D eigenvalue weighted by Gasteiger charge is -2.36. The highest BCUT2D eigenvalue weighted by Gasteiger charge is 2.55. The summed E-state index contributed by atoms with van der Waals surface area (Å²) in [4.78, 5) is 24.8. The Bertz CT molecular complexity index is 654. The Morgan fingerprint density at radius 3 is 2.35 bits per heavy atom. The third-order valence-corrected chi connectivity index (χ3v) is 8.87. The number of benzene rings is 1. The van der Waals surface area contributed by atoms with Crippen LogP contribution in [0.4, 0.5) is 4.79 Å². The summed E-state index contributed by atoms with van der Waals surface area (Å²) in [7, 11) is -2.28. The Kier molecular flexibility index (Phi) is 5.82. The van der Waals surface area contributed by atoms with Gasteiger partial charge >= 0.3 is 12.1 Å². The minimum Gasteiger partial charge on any atom is -0.458 e. The molecule has 1 amide bonds. The number of aliphatic hydroxyl groups is 1. The zero-order valence-corrected chi connectivity index (χ0v) is 17.3. The van der Waals surface area contributed by atoms with Crippen molar-refractivity contribution in [2.75, 3.05) is 0 Å². The van der Waals surface area contributed by atoms with E-state index in [1.54, 1.807) is 27.7 Å². The first-order valence-electron chi connectivity index (χ1n) is 8.87. The summed E-state index contributed by atoms with van der Waals surface area (Å²) in [5.41, 5.74) is -0.983. The maximum absolute atomic E-state index is 12.5. The molecule has 6 nitrogen and oxygen atoms in total. The van der Waals surface area contributed by atoms with Gasteiger partial charge in [0.15, 0.2) is 0 Å². The van der Waals surface area contributed by atoms with Gasteiger partial charge in [-0.3, -0.25) is 0 Å². The summed E-state index contributed by atoms with van der Waals surface area (Å²) < 4.78 is 10.8. The molecule has 0 bridgehead atoms. The maximum atomic E-state index is 12.5. The van der Waals surface area contributed by atoms with Crippen molar-refractivity contribution in [1.82, 2.24) is 5.32 Å². The van der Waals surface area contributed by atoms with Crippen LogP contribution < -0.4 is 10.5 Å². The molecule has 7 heteroatoms. The molecule has 1 aromatic rings. The second kappa shape index (κ2) is 7.40. The third-order valence-electron chi connectivity index (χ3n) is 4.72. The van der Waals surface area contributed by atoms with Gasteiger partial charge in [-0.05, 0) is 27.7 Å². The van der Waals surface area contributed by atoms with Crippen LogP contribution in [-0.4, -0.2) is 49.1 Å². The molecule has 1 aromatic carbocycles. The zero-order chi connectivity index (χ0) is 19.7. The second-order valence-electron chi connectivity index (χ2n) is 8.38. The standard InChI is InChI=1S/C19H29NO5Si/c1-12(21)15-16(26(5,6)13-10-8-7-9-11-13)14(17(22)24-15)20-18(23)25-19(2,3)4/h7-12,14-16,21H,1-6H3,(H,20,23)/t12-,14-,15+,16+/m1/s1. The highest BCUT2D eigenvalue weighted by Crippen LogP contribution is 2.38. The molecule has 26 heavy (non-hydrogen) atoms. The molecule has 0 aliphatic carbocycles. The highest BCUT2D eigenvalue weighted by atomic mass is 28.3. The number of carbonyl (C=O) groups is 2. The van der Waals surface area contributed by atoms with E-state index in [2.05, 4.69) is 18.4 Å². The lowest BCUT2D eigenvalue weighted by atomic mass is 10.1. The topological polar surface area (TPSA) is 84.9 Å². The lowest BCUT2D eigenvalue weighted by molar-refractivity contribution is -0.146. The average Bonchev–Trinajstić information content (AvgIpc) is 2.84. The van der Waals surface area contributed by atoms with Crippen LogP contribution in [0.1, 0.15) is 27.7 Å². The molecule has 1 aliphatic rings. The van der Waals surface area contributed by atoms with Gasteiger partial charge in [0.1, 0.15) is 17.7 Å². The van der Waals surface area contributed by atoms with Gasteiger partial charge in [-0.2, -0.15) is 0 Å². The largest absolute Gasteiger partial charge is 0.458 e. The third kappa shape index (κ3) is 4.45. The monoisotopic (exact) mass is 379 g/mol. The van der Waals surface area contributed by atoms with Crippen molar-refractivity contribution < 1.29 is 24.2 Å². The number of hydrogen-bond acceptors (Lipinski definition) is 5. The van der Waals surface area contributed by atoms with Gasteiger partial charge in [0, 0.05) is 5.54 Å². The highest BCUT2D eigenvalue weighted by molar-refractivity contribution is 6.91. The summed E-state index contributed by atoms with van der Waals surface area (Å²) in [6.07, 6.45) is -2.15. The van der Waals surface area contributed by atoms with Crippen LogP contribution in [0.5, 0.6) is 0 Å². The number of amides is 1. The van der Waals surface area contributed by atoms with Crippen LogP contribution in [0.15, 0.2) is 30.3 Å². The SMILES string of the molecule is C[C@@H](O)[C@@H]1OC(=O)[C@H](NC(=O)OC(C)(C)C)[C@@H]1[Si](C)(C)c1ccccc1. The number of alkyl carbamates (subject to hydrolysis) is 1. The summed E-state index contributed by atoms with van der Waals surface area (Å²) in [6, 6.07) is 9.06. The fourth-order valence-electron chi connectivity index (χ4n) is 3.49. The average molecular weight is 380 g/mol. The minimum absolute atomic E-state index is 0.315. The number of cyclic esters (lactones) is 1. The first-order valence-corrected chi connectivity index (χ1v) is 11.9. The number of aliphatic hydroxyl groups excluding tert-OH is 1. The number of nitrogens with one attached hydrogen (secondary N) is 1. The molecule has 4 atom stereocenters. The van der Waals surface area contributed by atoms with Crippen molar-refractivity contribution in [2.45, 2.75) is 70.2 Å². The molecule has 0 unspecified atom stereocenters. The Hall–Kier alpha value is -1.86. The van der Waals surface area contributed by atoms with E-state index in [4.69, 9.17) is 9.47 Å². The number of hydrogen-bond donors (Lipinski definition) is 2. The fourth-order valence-corrected chi connectivity index (χ4v) is 7.14. The molecule has 144 valence electrons. The van der Waals surface area contributed by atoms with Crippen molar-refractivity contribution in [3.05, 3.63) is 30.3 Å². The van der Waals surface area contributed by atoms with Crippen LogP contribution in [0.25, 0.3) is 0 Å². The number of esters is 1. The van der Waals surface area contributed by atoms with E-state index in [0.29, 0.717) is 0 Å². The smallest absolute Gasteiger partial charge is 0.408 e. The van der Waals surface area contributed by atoms with Crippen LogP contribution in [0, 0.1) is 0 Å². The van der Waals surface area contributed by atoms with Gasteiger partial charge in [-0.1, -0.05) is 48.6 Å². The van der Waals surface area contributed by atoms with Gasteiger partial charge in [-0.15, -0.1) is 0 Å². The van der Waals surface area contributed by atoms with Gasteiger partial charge in [0.25, 0.3) is 0 Å². The van der Waals surface area contributed by atoms with Gasteiger partial charge < -0.3 is 19.9 Å². The van der Waals surface area contributed by atoms with Gasteiger partial charge in [0.2, 0.25) is 0 Å². The molecule has 1 aliphatic heterocycles. The summed E-state index contributed by atoms with van der Waals surface area (Å²) in [5.74, 6) is -0.525. The molecule has 1 fully saturated rings. The molecule has 1 heterocycles. The van der Waals surface area contributed by atoms with E-state index in [-0.39, 0.29) is 5.54 Å². The predicted octanol–water partition coefficient (Wildman–Crippen LogP) is 2.17. The van der Waals surface area contributed by atoms with Crippen molar-refractivity contribution in [3.63, 3.8) is 0 Å². The predicted molar refractivity (Wildman–Crippen MR) is 102 cm³/mol. The quantitative estimate of drug-likeness (QED) is 0.619. The number of carbonyl (C=O) groups excluding carboxylic acids is 2. The van der Waals surface area contributed by atoms with Crippen molar-refractivity contribution >= 4 is 25.3 Å². The van der Waals surface area contributed by atoms with Crippen LogP contribution in [-0.2, 0) is 14.3 Å². The Morgan fingerprint density at radius 2 is 1.85 bits per heavy atom.